The number of piperazine rings is 1. The molecule has 10 heteroatoms. The summed E-state index contributed by atoms with van der Waals surface area (Å²) in [5, 5.41) is 9.27. The molecule has 4 heterocycles. The molecular weight excluding hydrogens is 494 g/mol. The van der Waals surface area contributed by atoms with E-state index in [4.69, 9.17) is 17.2 Å². The quantitative estimate of drug-likeness (QED) is 0.392. The molecule has 1 atom stereocenters. The van der Waals surface area contributed by atoms with Gasteiger partial charge in [-0.2, -0.15) is 0 Å². The van der Waals surface area contributed by atoms with E-state index in [-0.39, 0.29) is 24.1 Å². The zero-order chi connectivity index (χ0) is 25.2. The summed E-state index contributed by atoms with van der Waals surface area (Å²) in [4.78, 5) is 38.2. The molecule has 3 aromatic rings. The Morgan fingerprint density at radius 3 is 2.53 bits per heavy atom. The highest BCUT2D eigenvalue weighted by Gasteiger charge is 2.36. The summed E-state index contributed by atoms with van der Waals surface area (Å²) in [5.41, 5.74) is 1.69. The van der Waals surface area contributed by atoms with Crippen molar-refractivity contribution < 1.29 is 9.90 Å². The van der Waals surface area contributed by atoms with Crippen LogP contribution in [0.25, 0.3) is 11.7 Å². The molecule has 0 aliphatic carbocycles. The van der Waals surface area contributed by atoms with Crippen LogP contribution in [0.3, 0.4) is 0 Å². The summed E-state index contributed by atoms with van der Waals surface area (Å²) >= 11 is 6.80. The van der Waals surface area contributed by atoms with Crippen LogP contribution in [0.15, 0.2) is 64.4 Å². The fourth-order valence-electron chi connectivity index (χ4n) is 4.61. The zero-order valence-electron chi connectivity index (χ0n) is 19.9. The molecule has 0 saturated carbocycles. The summed E-state index contributed by atoms with van der Waals surface area (Å²) in [6, 6.07) is 15.0. The number of hydrogen-bond donors (Lipinski definition) is 1. The molecule has 2 aromatic heterocycles. The molecule has 0 radical (unpaired) electrons. The van der Waals surface area contributed by atoms with Crippen LogP contribution in [-0.4, -0.2) is 73.8 Å². The second kappa shape index (κ2) is 10.5. The normalized spacial score (nSPS) is 19.0. The number of amides is 1. The van der Waals surface area contributed by atoms with Crippen LogP contribution < -0.4 is 10.5 Å². The van der Waals surface area contributed by atoms with Crippen molar-refractivity contribution in [3.05, 3.63) is 81.1 Å². The third-order valence-corrected chi connectivity index (χ3v) is 7.94. The highest BCUT2D eigenvalue weighted by atomic mass is 32.2. The van der Waals surface area contributed by atoms with Gasteiger partial charge in [0.05, 0.1) is 23.1 Å². The highest BCUT2D eigenvalue weighted by Crippen LogP contribution is 2.38. The Morgan fingerprint density at radius 1 is 1.08 bits per heavy atom. The Balaban J connectivity index is 1.53. The van der Waals surface area contributed by atoms with Crippen LogP contribution >= 0.6 is 24.0 Å². The minimum atomic E-state index is -0.227. The summed E-state index contributed by atoms with van der Waals surface area (Å²) in [5.74, 6) is 0.355. The number of β-amino-alcohol motifs (C(OH)–C–C–N with tert-alkyl or cyclic N) is 1. The molecular formula is C26H27N5O3S2. The molecule has 2 saturated heterocycles. The first-order valence-corrected chi connectivity index (χ1v) is 13.1. The number of thioether (sulfide) groups is 1. The lowest BCUT2D eigenvalue weighted by atomic mass is 10.1. The van der Waals surface area contributed by atoms with Crippen LogP contribution in [0.4, 0.5) is 5.82 Å². The van der Waals surface area contributed by atoms with Crippen molar-refractivity contribution >= 4 is 51.7 Å². The first-order chi connectivity index (χ1) is 17.5. The van der Waals surface area contributed by atoms with Crippen molar-refractivity contribution in [2.45, 2.75) is 13.0 Å². The van der Waals surface area contributed by atoms with Gasteiger partial charge < -0.3 is 10.0 Å². The van der Waals surface area contributed by atoms with E-state index in [0.717, 1.165) is 18.7 Å². The molecule has 0 bridgehead atoms. The molecule has 36 heavy (non-hydrogen) atoms. The van der Waals surface area contributed by atoms with Crippen molar-refractivity contribution in [1.82, 2.24) is 19.2 Å². The van der Waals surface area contributed by atoms with Crippen LogP contribution in [0.1, 0.15) is 24.1 Å². The molecule has 1 aromatic carbocycles. The third kappa shape index (κ3) is 4.69. The average Bonchev–Trinajstić information content (AvgIpc) is 3.18. The van der Waals surface area contributed by atoms with Crippen LogP contribution in [0.2, 0.25) is 0 Å². The molecule has 5 rings (SSSR count). The smallest absolute Gasteiger partial charge is 0.267 e. The molecule has 1 N–H and O–H groups in total. The second-order valence-electron chi connectivity index (χ2n) is 8.77. The summed E-state index contributed by atoms with van der Waals surface area (Å²) < 4.78 is 1.97. The number of thiocarbonyl (C=S) groups is 1. The fourth-order valence-corrected chi connectivity index (χ4v) is 6.01. The number of nitrogens with zero attached hydrogens (tertiary/aromatic N) is 5. The molecule has 8 nitrogen and oxygen atoms in total. The SMILES string of the molecule is C[C@H](c1ccccc1)N1C(=O)/C(=C\c2c(N3CCN(CCO)CC3)nc3ccccn3c2=O)SC1=S. The van der Waals surface area contributed by atoms with Gasteiger partial charge in [-0.25, -0.2) is 4.98 Å². The average molecular weight is 522 g/mol. The number of carbonyl (C=O) groups is 1. The molecule has 2 aliphatic rings. The maximum atomic E-state index is 13.6. The number of anilines is 1. The van der Waals surface area contributed by atoms with E-state index in [9.17, 15) is 14.7 Å². The van der Waals surface area contributed by atoms with E-state index in [1.54, 1.807) is 29.3 Å². The Labute approximate surface area is 218 Å². The topological polar surface area (TPSA) is 81.4 Å². The van der Waals surface area contributed by atoms with Gasteiger partial charge in [0.15, 0.2) is 0 Å². The van der Waals surface area contributed by atoms with Crippen LogP contribution in [-0.2, 0) is 4.79 Å². The van der Waals surface area contributed by atoms with Gasteiger partial charge in [0, 0.05) is 38.9 Å². The number of aromatic nitrogens is 2. The second-order valence-corrected chi connectivity index (χ2v) is 10.4. The Kier molecular flexibility index (Phi) is 7.20. The maximum Gasteiger partial charge on any atom is 0.267 e. The van der Waals surface area contributed by atoms with Gasteiger partial charge >= 0.3 is 0 Å². The maximum absolute atomic E-state index is 13.6. The number of carbonyl (C=O) groups excluding carboxylic acids is 1. The van der Waals surface area contributed by atoms with Gasteiger partial charge in [-0.3, -0.25) is 23.8 Å². The lowest BCUT2D eigenvalue weighted by Crippen LogP contribution is -2.48. The van der Waals surface area contributed by atoms with Gasteiger partial charge in [0.2, 0.25) is 0 Å². The van der Waals surface area contributed by atoms with Crippen molar-refractivity contribution in [2.75, 3.05) is 44.2 Å². The largest absolute Gasteiger partial charge is 0.395 e. The predicted octanol–water partition coefficient (Wildman–Crippen LogP) is 2.77. The molecule has 0 spiro atoms. The van der Waals surface area contributed by atoms with Crippen molar-refractivity contribution in [3.63, 3.8) is 0 Å². The monoisotopic (exact) mass is 521 g/mol. The first-order valence-electron chi connectivity index (χ1n) is 11.9. The van der Waals surface area contributed by atoms with Gasteiger partial charge in [-0.1, -0.05) is 60.4 Å². The summed E-state index contributed by atoms with van der Waals surface area (Å²) in [7, 11) is 0. The first kappa shape index (κ1) is 24.6. The van der Waals surface area contributed by atoms with Crippen LogP contribution in [0, 0.1) is 0 Å². The van der Waals surface area contributed by atoms with Gasteiger partial charge in [-0.15, -0.1) is 0 Å². The fraction of sp³-hybridized carbons (Fsp3) is 0.308. The predicted molar refractivity (Wildman–Crippen MR) is 147 cm³/mol. The number of rotatable bonds is 6. The Bertz CT molecular complexity index is 1380. The lowest BCUT2D eigenvalue weighted by molar-refractivity contribution is -0.123. The molecule has 186 valence electrons. The number of fused-ring (bicyclic) bond motifs is 1. The number of benzene rings is 1. The van der Waals surface area contributed by atoms with Crippen molar-refractivity contribution in [2.24, 2.45) is 0 Å². The number of hydrogen-bond acceptors (Lipinski definition) is 8. The van der Waals surface area contributed by atoms with E-state index < -0.39 is 0 Å². The Hall–Kier alpha value is -3.05. The molecule has 0 unspecified atom stereocenters. The lowest BCUT2D eigenvalue weighted by Gasteiger charge is -2.35. The van der Waals surface area contributed by atoms with E-state index in [1.165, 1.54) is 16.2 Å². The summed E-state index contributed by atoms with van der Waals surface area (Å²) in [6.45, 7) is 5.54. The van der Waals surface area contributed by atoms with Gasteiger partial charge in [0.1, 0.15) is 15.8 Å². The molecule has 2 fully saturated rings. The van der Waals surface area contributed by atoms with Gasteiger partial charge in [-0.05, 0) is 30.7 Å². The van der Waals surface area contributed by atoms with E-state index in [1.807, 2.05) is 43.3 Å². The van der Waals surface area contributed by atoms with Crippen LogP contribution in [0.5, 0.6) is 0 Å². The van der Waals surface area contributed by atoms with E-state index in [2.05, 4.69) is 9.80 Å². The summed E-state index contributed by atoms with van der Waals surface area (Å²) in [6.07, 6.45) is 3.34. The molecule has 1 amide bonds. The Morgan fingerprint density at radius 2 is 1.81 bits per heavy atom. The van der Waals surface area contributed by atoms with Crippen molar-refractivity contribution in [3.8, 4) is 0 Å². The number of aliphatic hydroxyl groups excluding tert-OH is 1. The van der Waals surface area contributed by atoms with E-state index in [0.29, 0.717) is 45.9 Å². The molecule has 2 aliphatic heterocycles. The number of pyridine rings is 1. The zero-order valence-corrected chi connectivity index (χ0v) is 21.5. The van der Waals surface area contributed by atoms with Crippen molar-refractivity contribution in [1.29, 1.82) is 0 Å². The van der Waals surface area contributed by atoms with E-state index >= 15 is 0 Å². The minimum absolute atomic E-state index is 0.115. The number of aliphatic hydroxyl groups is 1. The third-order valence-electron chi connectivity index (χ3n) is 6.61. The minimum Gasteiger partial charge on any atom is -0.395 e. The standard InChI is InChI=1S/C26H27N5O3S2/c1-18(19-7-3-2-4-8-19)31-25(34)21(36-26(31)35)17-20-23(29-13-11-28(12-14-29)15-16-32)27-22-9-5-6-10-30(22)24(20)33/h2-10,17-18,32H,11-16H2,1H3/b21-17+/t18-/m1/s1. The van der Waals surface area contributed by atoms with Gasteiger partial charge in [0.25, 0.3) is 11.5 Å². The highest BCUT2D eigenvalue weighted by molar-refractivity contribution is 8.26.